The molecule has 1 aliphatic carbocycles. The zero-order valence-electron chi connectivity index (χ0n) is 15.9. The van der Waals surface area contributed by atoms with Gasteiger partial charge in [0.2, 0.25) is 0 Å². The van der Waals surface area contributed by atoms with E-state index in [9.17, 15) is 13.2 Å². The van der Waals surface area contributed by atoms with Crippen molar-refractivity contribution in [3.8, 4) is 11.1 Å². The van der Waals surface area contributed by atoms with Crippen molar-refractivity contribution >= 4 is 0 Å². The Kier molecular flexibility index (Phi) is 6.22. The molecule has 1 fully saturated rings. The Balaban J connectivity index is 1.57. The van der Waals surface area contributed by atoms with Gasteiger partial charge in [0.25, 0.3) is 0 Å². The van der Waals surface area contributed by atoms with Crippen molar-refractivity contribution < 1.29 is 13.2 Å². The van der Waals surface area contributed by atoms with Crippen LogP contribution in [0.3, 0.4) is 0 Å². The number of rotatable bonds is 8. The zero-order chi connectivity index (χ0) is 19.4. The highest BCUT2D eigenvalue weighted by molar-refractivity contribution is 5.65. The first-order valence-electron chi connectivity index (χ1n) is 9.65. The molecule has 1 aliphatic rings. The highest BCUT2D eigenvalue weighted by atomic mass is 19.4. The summed E-state index contributed by atoms with van der Waals surface area (Å²) in [5.74, 6) is 0.511. The van der Waals surface area contributed by atoms with Crippen LogP contribution in [0, 0.1) is 0 Å². The first kappa shape index (κ1) is 19.9. The van der Waals surface area contributed by atoms with Crippen LogP contribution in [0.15, 0.2) is 48.5 Å². The Morgan fingerprint density at radius 1 is 1.00 bits per heavy atom. The molecule has 0 amide bonds. The number of benzene rings is 2. The summed E-state index contributed by atoms with van der Waals surface area (Å²) in [4.78, 5) is 2.40. The Morgan fingerprint density at radius 2 is 1.70 bits per heavy atom. The average Bonchev–Trinajstić information content (AvgIpc) is 3.44. The number of hydrogen-bond acceptors (Lipinski definition) is 2. The molecule has 0 saturated heterocycles. The third kappa shape index (κ3) is 5.11. The molecule has 146 valence electrons. The molecule has 3 rings (SSSR count). The van der Waals surface area contributed by atoms with E-state index in [0.717, 1.165) is 44.2 Å². The molecule has 0 bridgehead atoms. The van der Waals surface area contributed by atoms with Gasteiger partial charge in [0.15, 0.2) is 0 Å². The van der Waals surface area contributed by atoms with Gasteiger partial charge in [-0.25, -0.2) is 0 Å². The summed E-state index contributed by atoms with van der Waals surface area (Å²) >= 11 is 0. The van der Waals surface area contributed by atoms with Gasteiger partial charge in [-0.15, -0.1) is 0 Å². The van der Waals surface area contributed by atoms with Crippen LogP contribution in [0.5, 0.6) is 0 Å². The third-order valence-electron chi connectivity index (χ3n) is 5.38. The average molecular weight is 376 g/mol. The van der Waals surface area contributed by atoms with Gasteiger partial charge < -0.3 is 10.2 Å². The molecule has 2 atom stereocenters. The quantitative estimate of drug-likeness (QED) is 0.685. The summed E-state index contributed by atoms with van der Waals surface area (Å²) < 4.78 is 38.7. The largest absolute Gasteiger partial charge is 0.416 e. The van der Waals surface area contributed by atoms with E-state index in [4.69, 9.17) is 0 Å². The molecule has 1 unspecified atom stereocenters. The number of nitrogens with zero attached hydrogens (tertiary/aromatic N) is 1. The van der Waals surface area contributed by atoms with Gasteiger partial charge in [0.1, 0.15) is 0 Å². The molecule has 1 N–H and O–H groups in total. The molecule has 0 aromatic heterocycles. The van der Waals surface area contributed by atoms with Gasteiger partial charge in [-0.1, -0.05) is 50.2 Å². The lowest BCUT2D eigenvalue weighted by molar-refractivity contribution is -0.137. The minimum absolute atomic E-state index is 0.511. The number of likely N-dealkylation sites (N-methyl/N-ethyl adjacent to an activating group) is 1. The van der Waals surface area contributed by atoms with Crippen molar-refractivity contribution in [2.24, 2.45) is 0 Å². The van der Waals surface area contributed by atoms with Crippen molar-refractivity contribution in [3.05, 3.63) is 59.7 Å². The maximum absolute atomic E-state index is 12.9. The number of alkyl halides is 3. The van der Waals surface area contributed by atoms with Crippen LogP contribution < -0.4 is 5.32 Å². The van der Waals surface area contributed by atoms with Gasteiger partial charge in [-0.2, -0.15) is 13.2 Å². The van der Waals surface area contributed by atoms with Gasteiger partial charge in [-0.3, -0.25) is 0 Å². The molecule has 0 radical (unpaired) electrons. The molecule has 2 aromatic rings. The minimum atomic E-state index is -4.31. The first-order valence-corrected chi connectivity index (χ1v) is 9.65. The van der Waals surface area contributed by atoms with Crippen LogP contribution >= 0.6 is 0 Å². The van der Waals surface area contributed by atoms with E-state index in [1.54, 1.807) is 6.07 Å². The highest BCUT2D eigenvalue weighted by Crippen LogP contribution is 2.41. The third-order valence-corrected chi connectivity index (χ3v) is 5.38. The summed E-state index contributed by atoms with van der Waals surface area (Å²) in [5, 5.41) is 3.61. The topological polar surface area (TPSA) is 15.3 Å². The molecule has 0 heterocycles. The predicted octanol–water partition coefficient (Wildman–Crippen LogP) is 5.16. The summed E-state index contributed by atoms with van der Waals surface area (Å²) in [5.41, 5.74) is 2.06. The summed E-state index contributed by atoms with van der Waals surface area (Å²) in [6.45, 7) is 8.55. The molecular weight excluding hydrogens is 349 g/mol. The summed E-state index contributed by atoms with van der Waals surface area (Å²) in [6, 6.07) is 14.0. The maximum atomic E-state index is 12.9. The van der Waals surface area contributed by atoms with Gasteiger partial charge >= 0.3 is 6.18 Å². The lowest BCUT2D eigenvalue weighted by Gasteiger charge is -2.18. The highest BCUT2D eigenvalue weighted by Gasteiger charge is 2.37. The lowest BCUT2D eigenvalue weighted by atomic mass is 10.0. The smallest absolute Gasteiger partial charge is 0.312 e. The number of hydrogen-bond donors (Lipinski definition) is 1. The van der Waals surface area contributed by atoms with E-state index >= 15 is 0 Å². The van der Waals surface area contributed by atoms with Gasteiger partial charge in [0.05, 0.1) is 5.56 Å². The minimum Gasteiger partial charge on any atom is -0.312 e. The summed E-state index contributed by atoms with van der Waals surface area (Å²) in [7, 11) is 0. The van der Waals surface area contributed by atoms with Crippen LogP contribution in [0.25, 0.3) is 11.1 Å². The van der Waals surface area contributed by atoms with Crippen molar-refractivity contribution in [1.29, 1.82) is 0 Å². The molecule has 2 aromatic carbocycles. The molecular formula is C22H27F3N2. The molecule has 5 heteroatoms. The Morgan fingerprint density at radius 3 is 2.33 bits per heavy atom. The van der Waals surface area contributed by atoms with E-state index in [-0.39, 0.29) is 0 Å². The molecule has 0 aliphatic heterocycles. The van der Waals surface area contributed by atoms with E-state index < -0.39 is 11.7 Å². The number of halogens is 3. The second-order valence-electron chi connectivity index (χ2n) is 7.13. The lowest BCUT2D eigenvalue weighted by Crippen LogP contribution is -2.33. The van der Waals surface area contributed by atoms with Crippen molar-refractivity contribution in [2.75, 3.05) is 26.2 Å². The van der Waals surface area contributed by atoms with Crippen LogP contribution in [0.4, 0.5) is 13.2 Å². The first-order chi connectivity index (χ1) is 12.9. The van der Waals surface area contributed by atoms with Crippen LogP contribution in [-0.4, -0.2) is 37.1 Å². The molecule has 1 saturated carbocycles. The standard InChI is InChI=1S/C22H27F3N2/c1-3-27(4-2)13-12-26-21-15-20(21)17-10-8-16(9-11-17)18-6-5-7-19(14-18)22(23,24)25/h5-11,14,20-21,26H,3-4,12-13,15H2,1-2H3/t20?,21-/m0/s1. The van der Waals surface area contributed by atoms with Crippen LogP contribution in [0.1, 0.15) is 37.3 Å². The van der Waals surface area contributed by atoms with E-state index in [1.165, 1.54) is 17.7 Å². The fourth-order valence-electron chi connectivity index (χ4n) is 3.53. The predicted molar refractivity (Wildman–Crippen MR) is 104 cm³/mol. The maximum Gasteiger partial charge on any atom is 0.416 e. The molecule has 2 nitrogen and oxygen atoms in total. The zero-order valence-corrected chi connectivity index (χ0v) is 15.9. The molecule has 27 heavy (non-hydrogen) atoms. The van der Waals surface area contributed by atoms with Crippen molar-refractivity contribution in [1.82, 2.24) is 10.2 Å². The fourth-order valence-corrected chi connectivity index (χ4v) is 3.53. The molecule has 0 spiro atoms. The SMILES string of the molecule is CCN(CC)CCN[C@H]1CC1c1ccc(-c2cccc(C(F)(F)F)c2)cc1. The monoisotopic (exact) mass is 376 g/mol. The summed E-state index contributed by atoms with van der Waals surface area (Å²) in [6.07, 6.45) is -3.19. The van der Waals surface area contributed by atoms with E-state index in [0.29, 0.717) is 17.5 Å². The number of nitrogens with one attached hydrogen (secondary N) is 1. The Bertz CT molecular complexity index is 736. The van der Waals surface area contributed by atoms with Crippen LogP contribution in [0.2, 0.25) is 0 Å². The van der Waals surface area contributed by atoms with Crippen LogP contribution in [-0.2, 0) is 6.18 Å². The normalized spacial score (nSPS) is 19.5. The Hall–Kier alpha value is -1.85. The van der Waals surface area contributed by atoms with Crippen molar-refractivity contribution in [2.45, 2.75) is 38.4 Å². The van der Waals surface area contributed by atoms with Crippen molar-refractivity contribution in [3.63, 3.8) is 0 Å². The fraction of sp³-hybridized carbons (Fsp3) is 0.455. The van der Waals surface area contributed by atoms with Gasteiger partial charge in [-0.05, 0) is 48.3 Å². The Labute approximate surface area is 159 Å². The van der Waals surface area contributed by atoms with E-state index in [2.05, 4.69) is 24.1 Å². The van der Waals surface area contributed by atoms with Gasteiger partial charge in [0, 0.05) is 25.0 Å². The second-order valence-corrected chi connectivity index (χ2v) is 7.13. The second kappa shape index (κ2) is 8.44. The van der Waals surface area contributed by atoms with E-state index in [1.807, 2.05) is 24.3 Å².